The maximum absolute atomic E-state index is 13.6. The fourth-order valence-corrected chi connectivity index (χ4v) is 10.8. The minimum atomic E-state index is -3.92. The van der Waals surface area contributed by atoms with Gasteiger partial charge in [0.1, 0.15) is 5.75 Å². The van der Waals surface area contributed by atoms with E-state index in [0.29, 0.717) is 37.3 Å². The average Bonchev–Trinajstić information content (AvgIpc) is 3.27. The molecule has 2 aliphatic heterocycles. The summed E-state index contributed by atoms with van der Waals surface area (Å²) in [5, 5.41) is 11.3. The Labute approximate surface area is 259 Å². The number of anilines is 1. The van der Waals surface area contributed by atoms with E-state index in [-0.39, 0.29) is 17.3 Å². The summed E-state index contributed by atoms with van der Waals surface area (Å²) in [5.41, 5.74) is 2.88. The number of aliphatic hydroxyl groups excluding tert-OH is 1. The molecule has 0 unspecified atom stereocenters. The molecule has 7 rings (SSSR count). The van der Waals surface area contributed by atoms with Crippen molar-refractivity contribution in [3.05, 3.63) is 70.3 Å². The van der Waals surface area contributed by atoms with E-state index in [1.54, 1.807) is 12.1 Å². The SMILES string of the molecule is C[C@]12C/C=C\[C@H](O)[C@@H]3CC[C@H]3CN3C[C@@]4(CCCc5cc(Cl)ccc54)COc4ccc(cc43)C(=O)NS(=O)(=O)[C@@H]1CCC2. The quantitative estimate of drug-likeness (QED) is 0.361. The number of carbonyl (C=O) groups excluding carboxylic acids is 1. The average molecular weight is 625 g/mol. The predicted molar refractivity (Wildman–Crippen MR) is 168 cm³/mol. The van der Waals surface area contributed by atoms with Gasteiger partial charge >= 0.3 is 0 Å². The Balaban J connectivity index is 1.30. The predicted octanol–water partition coefficient (Wildman–Crippen LogP) is 5.78. The normalized spacial score (nSPS) is 35.8. The first kappa shape index (κ1) is 29.2. The highest BCUT2D eigenvalue weighted by atomic mass is 35.5. The number of fused-ring (bicyclic) bond motifs is 5. The molecule has 0 saturated heterocycles. The highest BCUT2D eigenvalue weighted by Gasteiger charge is 2.47. The first-order chi connectivity index (χ1) is 20.6. The van der Waals surface area contributed by atoms with Gasteiger partial charge in [0.15, 0.2) is 0 Å². The lowest BCUT2D eigenvalue weighted by Crippen LogP contribution is -2.49. The largest absolute Gasteiger partial charge is 0.490 e. The molecule has 9 heteroatoms. The van der Waals surface area contributed by atoms with Crippen molar-refractivity contribution in [2.45, 2.75) is 81.5 Å². The molecule has 2 aromatic rings. The summed E-state index contributed by atoms with van der Waals surface area (Å²) in [6.07, 6.45) is 10.9. The highest BCUT2D eigenvalue weighted by Crippen LogP contribution is 2.48. The van der Waals surface area contributed by atoms with Crippen molar-refractivity contribution >= 4 is 33.2 Å². The van der Waals surface area contributed by atoms with E-state index in [1.807, 2.05) is 31.2 Å². The fraction of sp³-hybridized carbons (Fsp3) is 0.559. The Morgan fingerprint density at radius 2 is 1.95 bits per heavy atom. The third-order valence-electron chi connectivity index (χ3n) is 11.2. The van der Waals surface area contributed by atoms with Gasteiger partial charge in [-0.2, -0.15) is 0 Å². The molecule has 2 bridgehead atoms. The third-order valence-corrected chi connectivity index (χ3v) is 13.4. The van der Waals surface area contributed by atoms with Crippen molar-refractivity contribution in [1.29, 1.82) is 0 Å². The van der Waals surface area contributed by atoms with Crippen molar-refractivity contribution in [3.8, 4) is 5.75 Å². The van der Waals surface area contributed by atoms with E-state index in [9.17, 15) is 18.3 Å². The Hall–Kier alpha value is -2.55. The molecule has 7 nitrogen and oxygen atoms in total. The van der Waals surface area contributed by atoms with Crippen molar-refractivity contribution < 1.29 is 23.1 Å². The lowest BCUT2D eigenvalue weighted by atomic mass is 9.68. The number of benzene rings is 2. The number of sulfonamides is 1. The molecule has 2 saturated carbocycles. The maximum atomic E-state index is 13.6. The topological polar surface area (TPSA) is 95.9 Å². The van der Waals surface area contributed by atoms with Gasteiger partial charge in [-0.05, 0) is 110 Å². The van der Waals surface area contributed by atoms with Crippen LogP contribution in [0.25, 0.3) is 0 Å². The summed E-state index contributed by atoms with van der Waals surface area (Å²) in [5.74, 6) is 0.510. The molecule has 6 atom stereocenters. The molecular formula is C34H41ClN2O5S. The van der Waals surface area contributed by atoms with Crippen LogP contribution in [0, 0.1) is 17.3 Å². The second kappa shape index (κ2) is 10.8. The minimum absolute atomic E-state index is 0.132. The van der Waals surface area contributed by atoms with Gasteiger partial charge in [-0.1, -0.05) is 43.2 Å². The standard InChI is InChI=1S/C34H41ClN2O5S/c1-33-14-3-6-29(38)26-11-8-24(26)19-37-20-34(16-2-5-22-17-25(35)10-12-27(22)34)21-42-30-13-9-23(18-28(30)37)32(39)36-43(40,41)31(33)7-4-15-33/h3,6,9-10,12-13,17-18,24,26,29,31,38H,2,4-5,7-8,11,14-16,19-21H2,1H3,(H,36,39)/b6-3-/t24-,26+,29-,31+,33+,34-/m0/s1. The molecule has 2 N–H and O–H groups in total. The molecular weight excluding hydrogens is 584 g/mol. The zero-order valence-electron chi connectivity index (χ0n) is 24.7. The number of amides is 1. The van der Waals surface area contributed by atoms with Crippen molar-refractivity contribution in [2.75, 3.05) is 24.6 Å². The second-order valence-electron chi connectivity index (χ2n) is 13.9. The summed E-state index contributed by atoms with van der Waals surface area (Å²) >= 11 is 6.40. The van der Waals surface area contributed by atoms with E-state index in [4.69, 9.17) is 16.3 Å². The molecule has 0 radical (unpaired) electrons. The van der Waals surface area contributed by atoms with Crippen LogP contribution in [-0.4, -0.2) is 50.5 Å². The molecule has 3 aliphatic carbocycles. The number of nitrogens with zero attached hydrogens (tertiary/aromatic N) is 1. The van der Waals surface area contributed by atoms with Gasteiger partial charge < -0.3 is 14.7 Å². The number of ether oxygens (including phenoxy) is 1. The number of aryl methyl sites for hydroxylation is 1. The molecule has 230 valence electrons. The van der Waals surface area contributed by atoms with Crippen LogP contribution in [0.4, 0.5) is 5.69 Å². The molecule has 2 aromatic carbocycles. The third kappa shape index (κ3) is 5.17. The van der Waals surface area contributed by atoms with Crippen molar-refractivity contribution in [2.24, 2.45) is 17.3 Å². The molecule has 2 fully saturated rings. The summed E-state index contributed by atoms with van der Waals surface area (Å²) in [6.45, 7) is 3.92. The van der Waals surface area contributed by atoms with Gasteiger partial charge in [0.2, 0.25) is 10.0 Å². The zero-order valence-corrected chi connectivity index (χ0v) is 26.3. The fourth-order valence-electron chi connectivity index (χ4n) is 8.65. The van der Waals surface area contributed by atoms with Gasteiger partial charge in [-0.3, -0.25) is 4.79 Å². The number of nitrogens with one attached hydrogen (secondary N) is 1. The van der Waals surface area contributed by atoms with Crippen LogP contribution in [0.15, 0.2) is 48.6 Å². The number of hydrogen-bond donors (Lipinski definition) is 2. The Morgan fingerprint density at radius 3 is 2.77 bits per heavy atom. The monoisotopic (exact) mass is 624 g/mol. The Bertz CT molecular complexity index is 1580. The van der Waals surface area contributed by atoms with Gasteiger partial charge in [0.25, 0.3) is 5.91 Å². The highest BCUT2D eigenvalue weighted by molar-refractivity contribution is 7.90. The van der Waals surface area contributed by atoms with Crippen molar-refractivity contribution in [1.82, 2.24) is 4.72 Å². The second-order valence-corrected chi connectivity index (χ2v) is 16.2. The van der Waals surface area contributed by atoms with Crippen LogP contribution in [0.1, 0.15) is 79.8 Å². The van der Waals surface area contributed by atoms with Crippen LogP contribution in [0.2, 0.25) is 5.02 Å². The molecule has 5 aliphatic rings. The van der Waals surface area contributed by atoms with E-state index < -0.39 is 32.7 Å². The van der Waals surface area contributed by atoms with Gasteiger partial charge in [-0.25, -0.2) is 13.1 Å². The minimum Gasteiger partial charge on any atom is -0.490 e. The molecule has 1 spiro atoms. The van der Waals surface area contributed by atoms with Crippen LogP contribution in [0.3, 0.4) is 0 Å². The summed E-state index contributed by atoms with van der Waals surface area (Å²) in [4.78, 5) is 15.9. The van der Waals surface area contributed by atoms with Gasteiger partial charge in [0.05, 0.1) is 23.6 Å². The van der Waals surface area contributed by atoms with E-state index in [0.717, 1.165) is 62.2 Å². The molecule has 43 heavy (non-hydrogen) atoms. The summed E-state index contributed by atoms with van der Waals surface area (Å²) in [6, 6.07) is 11.5. The number of hydrogen-bond acceptors (Lipinski definition) is 6. The number of halogens is 1. The van der Waals surface area contributed by atoms with E-state index >= 15 is 0 Å². The Morgan fingerprint density at radius 1 is 1.09 bits per heavy atom. The van der Waals surface area contributed by atoms with Gasteiger partial charge in [-0.15, -0.1) is 0 Å². The number of allylic oxidation sites excluding steroid dienone is 1. The van der Waals surface area contributed by atoms with Gasteiger partial charge in [0, 0.05) is 29.1 Å². The first-order valence-corrected chi connectivity index (χ1v) is 17.7. The lowest BCUT2D eigenvalue weighted by Gasteiger charge is -2.45. The lowest BCUT2D eigenvalue weighted by molar-refractivity contribution is 0.0455. The molecule has 0 aromatic heterocycles. The number of rotatable bonds is 0. The van der Waals surface area contributed by atoms with E-state index in [1.165, 1.54) is 11.1 Å². The molecule has 1 amide bonds. The smallest absolute Gasteiger partial charge is 0.264 e. The van der Waals surface area contributed by atoms with E-state index in [2.05, 4.69) is 21.8 Å². The maximum Gasteiger partial charge on any atom is 0.264 e. The first-order valence-electron chi connectivity index (χ1n) is 15.8. The summed E-state index contributed by atoms with van der Waals surface area (Å²) in [7, 11) is -3.92. The zero-order chi connectivity index (χ0) is 30.0. The van der Waals surface area contributed by atoms with Crippen molar-refractivity contribution in [3.63, 3.8) is 0 Å². The Kier molecular flexibility index (Phi) is 7.34. The summed E-state index contributed by atoms with van der Waals surface area (Å²) < 4.78 is 36.2. The van der Waals surface area contributed by atoms with Crippen LogP contribution >= 0.6 is 11.6 Å². The van der Waals surface area contributed by atoms with Crippen LogP contribution in [-0.2, 0) is 21.9 Å². The molecule has 2 heterocycles. The number of carbonyl (C=O) groups is 1. The van der Waals surface area contributed by atoms with Crippen LogP contribution in [0.5, 0.6) is 5.75 Å². The van der Waals surface area contributed by atoms with Crippen LogP contribution < -0.4 is 14.4 Å². The number of aliphatic hydroxyl groups is 1.